The molecule has 0 atom stereocenters. The minimum atomic E-state index is 0.766. The SMILES string of the molecule is Cc1cc(N2CCCC2)c2c(-c3cccc(Cl)c3)cccc2n1. The predicted octanol–water partition coefficient (Wildman–Crippen LogP) is 5.46. The van der Waals surface area contributed by atoms with Crippen molar-refractivity contribution in [3.05, 3.63) is 59.2 Å². The van der Waals surface area contributed by atoms with Crippen LogP contribution in [-0.4, -0.2) is 18.1 Å². The Morgan fingerprint density at radius 3 is 2.57 bits per heavy atom. The van der Waals surface area contributed by atoms with Crippen molar-refractivity contribution in [1.29, 1.82) is 0 Å². The quantitative estimate of drug-likeness (QED) is 0.622. The van der Waals surface area contributed by atoms with E-state index in [9.17, 15) is 0 Å². The van der Waals surface area contributed by atoms with Crippen LogP contribution in [0.2, 0.25) is 5.02 Å². The predicted molar refractivity (Wildman–Crippen MR) is 98.4 cm³/mol. The second kappa shape index (κ2) is 5.86. The number of anilines is 1. The van der Waals surface area contributed by atoms with Crippen LogP contribution in [0.25, 0.3) is 22.0 Å². The summed E-state index contributed by atoms with van der Waals surface area (Å²) in [5.41, 5.74) is 5.79. The summed E-state index contributed by atoms with van der Waals surface area (Å²) in [5, 5.41) is 2.00. The number of rotatable bonds is 2. The number of pyridine rings is 1. The zero-order valence-electron chi connectivity index (χ0n) is 13.2. The van der Waals surface area contributed by atoms with Gasteiger partial charge in [-0.05, 0) is 55.2 Å². The summed E-state index contributed by atoms with van der Waals surface area (Å²) in [6, 6.07) is 16.7. The van der Waals surface area contributed by atoms with Crippen molar-refractivity contribution >= 4 is 28.2 Å². The van der Waals surface area contributed by atoms with Crippen LogP contribution in [0.1, 0.15) is 18.5 Å². The average Bonchev–Trinajstić information content (AvgIpc) is 3.07. The van der Waals surface area contributed by atoms with E-state index in [0.717, 1.165) is 34.9 Å². The molecule has 1 aromatic heterocycles. The van der Waals surface area contributed by atoms with E-state index in [0.29, 0.717) is 0 Å². The van der Waals surface area contributed by atoms with Crippen molar-refractivity contribution in [2.45, 2.75) is 19.8 Å². The monoisotopic (exact) mass is 322 g/mol. The molecule has 0 radical (unpaired) electrons. The normalized spacial score (nSPS) is 14.6. The van der Waals surface area contributed by atoms with Gasteiger partial charge in [-0.2, -0.15) is 0 Å². The molecule has 116 valence electrons. The minimum Gasteiger partial charge on any atom is -0.371 e. The van der Waals surface area contributed by atoms with Crippen LogP contribution in [0.4, 0.5) is 5.69 Å². The van der Waals surface area contributed by atoms with Gasteiger partial charge in [0.15, 0.2) is 0 Å². The third kappa shape index (κ3) is 2.68. The number of aromatic nitrogens is 1. The summed E-state index contributed by atoms with van der Waals surface area (Å²) in [6.07, 6.45) is 2.53. The molecule has 23 heavy (non-hydrogen) atoms. The highest BCUT2D eigenvalue weighted by Gasteiger charge is 2.18. The summed E-state index contributed by atoms with van der Waals surface area (Å²) in [7, 11) is 0. The van der Waals surface area contributed by atoms with Crippen LogP contribution < -0.4 is 4.90 Å². The van der Waals surface area contributed by atoms with Gasteiger partial charge in [-0.25, -0.2) is 0 Å². The number of benzene rings is 2. The van der Waals surface area contributed by atoms with Crippen molar-refractivity contribution in [3.63, 3.8) is 0 Å². The molecule has 3 aromatic rings. The molecule has 4 rings (SSSR count). The lowest BCUT2D eigenvalue weighted by Gasteiger charge is -2.22. The van der Waals surface area contributed by atoms with Crippen LogP contribution in [0.5, 0.6) is 0 Å². The second-order valence-corrected chi connectivity index (χ2v) is 6.62. The summed E-state index contributed by atoms with van der Waals surface area (Å²) >= 11 is 6.21. The van der Waals surface area contributed by atoms with Gasteiger partial charge in [-0.15, -0.1) is 0 Å². The van der Waals surface area contributed by atoms with Gasteiger partial charge >= 0.3 is 0 Å². The van der Waals surface area contributed by atoms with Gasteiger partial charge in [-0.1, -0.05) is 35.9 Å². The Balaban J connectivity index is 2.01. The minimum absolute atomic E-state index is 0.766. The molecule has 0 unspecified atom stereocenters. The Kier molecular flexibility index (Phi) is 3.70. The number of fused-ring (bicyclic) bond motifs is 1. The Morgan fingerprint density at radius 1 is 1.00 bits per heavy atom. The largest absolute Gasteiger partial charge is 0.371 e. The van der Waals surface area contributed by atoms with Crippen molar-refractivity contribution in [3.8, 4) is 11.1 Å². The summed E-state index contributed by atoms with van der Waals surface area (Å²) < 4.78 is 0. The Labute approximate surface area is 141 Å². The van der Waals surface area contributed by atoms with Crippen LogP contribution in [-0.2, 0) is 0 Å². The first-order chi connectivity index (χ1) is 11.2. The molecule has 1 fully saturated rings. The van der Waals surface area contributed by atoms with E-state index < -0.39 is 0 Å². The number of hydrogen-bond acceptors (Lipinski definition) is 2. The molecule has 0 saturated carbocycles. The summed E-state index contributed by atoms with van der Waals surface area (Å²) in [4.78, 5) is 7.25. The van der Waals surface area contributed by atoms with Crippen molar-refractivity contribution in [2.75, 3.05) is 18.0 Å². The molecular weight excluding hydrogens is 304 g/mol. The molecule has 0 aliphatic carbocycles. The number of halogens is 1. The highest BCUT2D eigenvalue weighted by molar-refractivity contribution is 6.31. The van der Waals surface area contributed by atoms with Gasteiger partial charge in [0.1, 0.15) is 0 Å². The second-order valence-electron chi connectivity index (χ2n) is 6.19. The van der Waals surface area contributed by atoms with Crippen LogP contribution in [0.15, 0.2) is 48.5 Å². The fourth-order valence-corrected chi connectivity index (χ4v) is 3.69. The third-order valence-electron chi connectivity index (χ3n) is 4.52. The maximum absolute atomic E-state index is 6.21. The average molecular weight is 323 g/mol. The third-order valence-corrected chi connectivity index (χ3v) is 4.76. The highest BCUT2D eigenvalue weighted by Crippen LogP contribution is 2.37. The van der Waals surface area contributed by atoms with Crippen molar-refractivity contribution in [1.82, 2.24) is 4.98 Å². The summed E-state index contributed by atoms with van der Waals surface area (Å²) in [6.45, 7) is 4.33. The molecule has 0 N–H and O–H groups in total. The van der Waals surface area contributed by atoms with E-state index in [-0.39, 0.29) is 0 Å². The lowest BCUT2D eigenvalue weighted by Crippen LogP contribution is -2.18. The lowest BCUT2D eigenvalue weighted by atomic mass is 9.98. The smallest absolute Gasteiger partial charge is 0.0732 e. The Morgan fingerprint density at radius 2 is 1.78 bits per heavy atom. The molecule has 0 bridgehead atoms. The van der Waals surface area contributed by atoms with Gasteiger partial charge in [0.2, 0.25) is 0 Å². The van der Waals surface area contributed by atoms with Crippen LogP contribution in [0, 0.1) is 6.92 Å². The Hall–Kier alpha value is -2.06. The van der Waals surface area contributed by atoms with Crippen LogP contribution in [0.3, 0.4) is 0 Å². The molecule has 1 aliphatic heterocycles. The highest BCUT2D eigenvalue weighted by atomic mass is 35.5. The number of aryl methyl sites for hydroxylation is 1. The van der Waals surface area contributed by atoms with E-state index in [1.54, 1.807) is 0 Å². The number of nitrogens with zero attached hydrogens (tertiary/aromatic N) is 2. The zero-order chi connectivity index (χ0) is 15.8. The molecular formula is C20H19ClN2. The molecule has 2 aromatic carbocycles. The first-order valence-electron chi connectivity index (χ1n) is 8.13. The fourth-order valence-electron chi connectivity index (χ4n) is 3.50. The first-order valence-corrected chi connectivity index (χ1v) is 8.51. The molecule has 2 heterocycles. The molecule has 0 spiro atoms. The molecule has 0 amide bonds. The van der Waals surface area contributed by atoms with Gasteiger partial charge < -0.3 is 4.90 Å². The van der Waals surface area contributed by atoms with Gasteiger partial charge in [0.25, 0.3) is 0 Å². The maximum Gasteiger partial charge on any atom is 0.0732 e. The van der Waals surface area contributed by atoms with E-state index in [1.165, 1.54) is 29.5 Å². The summed E-state index contributed by atoms with van der Waals surface area (Å²) in [5.74, 6) is 0. The molecule has 1 saturated heterocycles. The first kappa shape index (κ1) is 14.5. The van der Waals surface area contributed by atoms with Crippen LogP contribution >= 0.6 is 11.6 Å². The van der Waals surface area contributed by atoms with Gasteiger partial charge in [0.05, 0.1) is 5.52 Å². The lowest BCUT2D eigenvalue weighted by molar-refractivity contribution is 0.949. The van der Waals surface area contributed by atoms with Crippen molar-refractivity contribution < 1.29 is 0 Å². The Bertz CT molecular complexity index is 867. The fraction of sp³-hybridized carbons (Fsp3) is 0.250. The molecule has 3 heteroatoms. The topological polar surface area (TPSA) is 16.1 Å². The number of hydrogen-bond donors (Lipinski definition) is 0. The maximum atomic E-state index is 6.21. The van der Waals surface area contributed by atoms with Crippen molar-refractivity contribution in [2.24, 2.45) is 0 Å². The standard InChI is InChI=1S/C20H19ClN2/c1-14-12-19(23-10-2-3-11-23)20-17(8-5-9-18(20)22-14)15-6-4-7-16(21)13-15/h4-9,12-13H,2-3,10-11H2,1H3. The van der Waals surface area contributed by atoms with E-state index in [1.807, 2.05) is 18.2 Å². The van der Waals surface area contributed by atoms with E-state index >= 15 is 0 Å². The molecule has 1 aliphatic rings. The zero-order valence-corrected chi connectivity index (χ0v) is 14.0. The van der Waals surface area contributed by atoms with Gasteiger partial charge in [-0.3, -0.25) is 4.98 Å². The van der Waals surface area contributed by atoms with E-state index in [2.05, 4.69) is 42.2 Å². The van der Waals surface area contributed by atoms with E-state index in [4.69, 9.17) is 16.6 Å². The molecule has 2 nitrogen and oxygen atoms in total. The van der Waals surface area contributed by atoms with Gasteiger partial charge in [0, 0.05) is 34.9 Å².